The molecule has 0 N–H and O–H groups in total. The molecule has 0 radical (unpaired) electrons. The molecule has 29 heavy (non-hydrogen) atoms. The quantitative estimate of drug-likeness (QED) is 0.432. The number of hydrogen-bond donors (Lipinski definition) is 0. The molecule has 0 saturated heterocycles. The summed E-state index contributed by atoms with van der Waals surface area (Å²) in [6.07, 6.45) is 3.30. The maximum atomic E-state index is 12.8. The first-order valence-electron chi connectivity index (χ1n) is 9.32. The Morgan fingerprint density at radius 2 is 1.86 bits per heavy atom. The molecule has 0 spiro atoms. The van der Waals surface area contributed by atoms with Crippen LogP contribution in [0.2, 0.25) is 0 Å². The van der Waals surface area contributed by atoms with Crippen molar-refractivity contribution in [1.82, 2.24) is 20.1 Å². The molecule has 2 aromatic heterocycles. The summed E-state index contributed by atoms with van der Waals surface area (Å²) < 4.78 is 6.85. The zero-order chi connectivity index (χ0) is 20.2. The molecule has 7 heteroatoms. The highest BCUT2D eigenvalue weighted by Gasteiger charge is 2.19. The van der Waals surface area contributed by atoms with Gasteiger partial charge in [0.2, 0.25) is 17.7 Å². The van der Waals surface area contributed by atoms with E-state index in [1.165, 1.54) is 0 Å². The van der Waals surface area contributed by atoms with Crippen molar-refractivity contribution in [3.05, 3.63) is 71.6 Å². The second kappa shape index (κ2) is 8.36. The number of benzene rings is 2. The zero-order valence-electron chi connectivity index (χ0n) is 16.1. The summed E-state index contributed by atoms with van der Waals surface area (Å²) in [6.45, 7) is 4.16. The third kappa shape index (κ3) is 4.41. The third-order valence-corrected chi connectivity index (χ3v) is 5.38. The van der Waals surface area contributed by atoms with Crippen molar-refractivity contribution in [3.63, 3.8) is 0 Å². The Balaban J connectivity index is 1.48. The molecule has 0 fully saturated rings. The van der Waals surface area contributed by atoms with E-state index in [0.29, 0.717) is 11.8 Å². The average Bonchev–Trinajstić information content (AvgIpc) is 3.37. The number of fused-ring (bicyclic) bond motifs is 1. The lowest BCUT2D eigenvalue weighted by molar-refractivity contribution is -0.128. The van der Waals surface area contributed by atoms with Crippen molar-refractivity contribution in [2.75, 3.05) is 0 Å². The Labute approximate surface area is 172 Å². The fraction of sp³-hybridized carbons (Fsp3) is 0.182. The number of para-hydroxylation sites is 1. The van der Waals surface area contributed by atoms with E-state index in [1.807, 2.05) is 68.4 Å². The summed E-state index contributed by atoms with van der Waals surface area (Å²) in [7, 11) is 0. The first-order chi connectivity index (χ1) is 14.1. The smallest absolute Gasteiger partial charge is 0.247 e. The van der Waals surface area contributed by atoms with Crippen LogP contribution < -0.4 is 0 Å². The molecule has 146 valence electrons. The van der Waals surface area contributed by atoms with Crippen LogP contribution in [0.5, 0.6) is 0 Å². The monoisotopic (exact) mass is 404 g/mol. The highest BCUT2D eigenvalue weighted by molar-refractivity contribution is 7.19. The summed E-state index contributed by atoms with van der Waals surface area (Å²) in [5, 5.41) is 8.99. The molecule has 0 atom stereocenters. The normalized spacial score (nSPS) is 11.6. The zero-order valence-corrected chi connectivity index (χ0v) is 17.0. The van der Waals surface area contributed by atoms with Gasteiger partial charge >= 0.3 is 0 Å². The van der Waals surface area contributed by atoms with E-state index < -0.39 is 0 Å². The molecule has 1 amide bonds. The second-order valence-electron chi connectivity index (χ2n) is 6.78. The number of thiazole rings is 1. The summed E-state index contributed by atoms with van der Waals surface area (Å²) in [6, 6.07) is 17.5. The molecule has 2 heterocycles. The molecule has 2 aromatic carbocycles. The molecular formula is C22H20N4O2S. The van der Waals surface area contributed by atoms with Gasteiger partial charge in [0, 0.05) is 17.7 Å². The number of nitrogens with zero attached hydrogens (tertiary/aromatic N) is 4. The van der Waals surface area contributed by atoms with E-state index in [9.17, 15) is 4.79 Å². The van der Waals surface area contributed by atoms with Crippen molar-refractivity contribution in [3.8, 4) is 11.5 Å². The van der Waals surface area contributed by atoms with Gasteiger partial charge < -0.3 is 9.32 Å². The second-order valence-corrected chi connectivity index (χ2v) is 7.84. The van der Waals surface area contributed by atoms with Gasteiger partial charge in [0.1, 0.15) is 5.01 Å². The minimum atomic E-state index is -0.126. The van der Waals surface area contributed by atoms with Gasteiger partial charge in [-0.25, -0.2) is 4.98 Å². The van der Waals surface area contributed by atoms with Crippen molar-refractivity contribution in [2.45, 2.75) is 26.4 Å². The summed E-state index contributed by atoms with van der Waals surface area (Å²) in [5.41, 5.74) is 1.79. The van der Waals surface area contributed by atoms with E-state index >= 15 is 0 Å². The molecule has 4 aromatic rings. The summed E-state index contributed by atoms with van der Waals surface area (Å²) in [4.78, 5) is 19.0. The molecule has 0 aliphatic heterocycles. The number of hydrogen-bond acceptors (Lipinski definition) is 6. The Bertz CT molecular complexity index is 1110. The third-order valence-electron chi connectivity index (χ3n) is 4.38. The SMILES string of the molecule is CC(C)N(Cc1nnc(-c2ccccc2)o1)C(=O)C=Cc1nc2ccccc2s1. The predicted octanol–water partition coefficient (Wildman–Crippen LogP) is 4.80. The Kier molecular flexibility index (Phi) is 5.48. The Hall–Kier alpha value is -3.32. The maximum Gasteiger partial charge on any atom is 0.247 e. The lowest BCUT2D eigenvalue weighted by Crippen LogP contribution is -2.35. The van der Waals surface area contributed by atoms with Crippen LogP contribution in [-0.4, -0.2) is 32.0 Å². The van der Waals surface area contributed by atoms with Gasteiger partial charge in [-0.05, 0) is 44.2 Å². The van der Waals surface area contributed by atoms with E-state index in [4.69, 9.17) is 4.42 Å². The van der Waals surface area contributed by atoms with Crippen LogP contribution in [0.25, 0.3) is 27.7 Å². The van der Waals surface area contributed by atoms with Crippen LogP contribution in [-0.2, 0) is 11.3 Å². The number of aromatic nitrogens is 3. The average molecular weight is 404 g/mol. The van der Waals surface area contributed by atoms with E-state index in [0.717, 1.165) is 20.8 Å². The van der Waals surface area contributed by atoms with E-state index in [-0.39, 0.29) is 18.5 Å². The van der Waals surface area contributed by atoms with Gasteiger partial charge in [-0.2, -0.15) is 0 Å². The standard InChI is InChI=1S/C22H20N4O2S/c1-15(2)26(14-19-24-25-22(28-19)16-8-4-3-5-9-16)21(27)13-12-20-23-17-10-6-7-11-18(17)29-20/h3-13,15H,14H2,1-2H3. The number of rotatable bonds is 6. The van der Waals surface area contributed by atoms with Crippen LogP contribution in [0.1, 0.15) is 24.7 Å². The minimum absolute atomic E-state index is 0.0189. The highest BCUT2D eigenvalue weighted by Crippen LogP contribution is 2.23. The molecule has 4 rings (SSSR count). The lowest BCUT2D eigenvalue weighted by Gasteiger charge is -2.23. The maximum absolute atomic E-state index is 12.8. The fourth-order valence-corrected chi connectivity index (χ4v) is 3.75. The van der Waals surface area contributed by atoms with Crippen molar-refractivity contribution in [2.24, 2.45) is 0 Å². The Morgan fingerprint density at radius 3 is 2.62 bits per heavy atom. The minimum Gasteiger partial charge on any atom is -0.419 e. The van der Waals surface area contributed by atoms with Crippen LogP contribution in [0.4, 0.5) is 0 Å². The lowest BCUT2D eigenvalue weighted by atomic mass is 10.2. The van der Waals surface area contributed by atoms with Crippen molar-refractivity contribution >= 4 is 33.5 Å². The van der Waals surface area contributed by atoms with Gasteiger partial charge in [0.15, 0.2) is 0 Å². The molecular weight excluding hydrogens is 384 g/mol. The number of carbonyl (C=O) groups excluding carboxylic acids is 1. The largest absolute Gasteiger partial charge is 0.419 e. The van der Waals surface area contributed by atoms with Crippen LogP contribution in [0.3, 0.4) is 0 Å². The first kappa shape index (κ1) is 19.0. The number of amides is 1. The highest BCUT2D eigenvalue weighted by atomic mass is 32.1. The van der Waals surface area contributed by atoms with E-state index in [1.54, 1.807) is 28.4 Å². The van der Waals surface area contributed by atoms with Gasteiger partial charge in [0.05, 0.1) is 16.8 Å². The van der Waals surface area contributed by atoms with Crippen LogP contribution in [0, 0.1) is 0 Å². The fourth-order valence-electron chi connectivity index (χ4n) is 2.88. The summed E-state index contributed by atoms with van der Waals surface area (Å²) in [5.74, 6) is 0.722. The topological polar surface area (TPSA) is 72.1 Å². The first-order valence-corrected chi connectivity index (χ1v) is 10.1. The van der Waals surface area contributed by atoms with Gasteiger partial charge in [-0.15, -0.1) is 21.5 Å². The van der Waals surface area contributed by atoms with Crippen molar-refractivity contribution in [1.29, 1.82) is 0 Å². The van der Waals surface area contributed by atoms with Gasteiger partial charge in [0.25, 0.3) is 0 Å². The molecule has 0 bridgehead atoms. The van der Waals surface area contributed by atoms with Gasteiger partial charge in [-0.1, -0.05) is 30.3 Å². The molecule has 6 nitrogen and oxygen atoms in total. The Morgan fingerprint density at radius 1 is 1.10 bits per heavy atom. The molecule has 0 aliphatic carbocycles. The van der Waals surface area contributed by atoms with Crippen molar-refractivity contribution < 1.29 is 9.21 Å². The van der Waals surface area contributed by atoms with Crippen LogP contribution in [0.15, 0.2) is 65.1 Å². The van der Waals surface area contributed by atoms with Crippen LogP contribution >= 0.6 is 11.3 Å². The number of carbonyl (C=O) groups is 1. The van der Waals surface area contributed by atoms with E-state index in [2.05, 4.69) is 15.2 Å². The molecule has 0 aliphatic rings. The predicted molar refractivity (Wildman–Crippen MR) is 114 cm³/mol. The van der Waals surface area contributed by atoms with Gasteiger partial charge in [-0.3, -0.25) is 4.79 Å². The molecule has 0 saturated carbocycles. The summed E-state index contributed by atoms with van der Waals surface area (Å²) >= 11 is 1.55. The molecule has 0 unspecified atom stereocenters.